The molecule has 0 radical (unpaired) electrons. The standard InChI is InChI=1S/C20H36N4O2/c1-18(24(3)17-19-9-6-5-7-10-19)11-13-23-20(21-2)22-12-8-14-26-16-15-25-4/h5-7,9-10,18H,8,11-17H2,1-4H3,(H2,21,22,23). The average molecular weight is 365 g/mol. The molecule has 0 aliphatic rings. The predicted octanol–water partition coefficient (Wildman–Crippen LogP) is 2.12. The molecule has 26 heavy (non-hydrogen) atoms. The van der Waals surface area contributed by atoms with Crippen molar-refractivity contribution in [2.75, 3.05) is 54.1 Å². The molecule has 0 aliphatic carbocycles. The Morgan fingerprint density at radius 2 is 1.85 bits per heavy atom. The van der Waals surface area contributed by atoms with Gasteiger partial charge in [0.15, 0.2) is 5.96 Å². The smallest absolute Gasteiger partial charge is 0.190 e. The Hall–Kier alpha value is -1.63. The fourth-order valence-electron chi connectivity index (χ4n) is 2.49. The Bertz CT molecular complexity index is 482. The van der Waals surface area contributed by atoms with Crippen molar-refractivity contribution in [3.63, 3.8) is 0 Å². The Morgan fingerprint density at radius 3 is 2.54 bits per heavy atom. The van der Waals surface area contributed by atoms with Gasteiger partial charge in [0.2, 0.25) is 0 Å². The summed E-state index contributed by atoms with van der Waals surface area (Å²) in [5, 5.41) is 6.70. The van der Waals surface area contributed by atoms with Crippen molar-refractivity contribution >= 4 is 5.96 Å². The fourth-order valence-corrected chi connectivity index (χ4v) is 2.49. The summed E-state index contributed by atoms with van der Waals surface area (Å²) in [4.78, 5) is 6.64. The number of aliphatic imine (C=N–C) groups is 1. The molecule has 1 rings (SSSR count). The first-order chi connectivity index (χ1) is 12.7. The molecule has 1 atom stereocenters. The second-order valence-corrected chi connectivity index (χ2v) is 6.42. The zero-order valence-corrected chi connectivity index (χ0v) is 16.8. The van der Waals surface area contributed by atoms with Gasteiger partial charge in [0, 0.05) is 46.4 Å². The summed E-state index contributed by atoms with van der Waals surface area (Å²) in [5.74, 6) is 0.847. The molecule has 0 fully saturated rings. The van der Waals surface area contributed by atoms with Crippen LogP contribution in [0.3, 0.4) is 0 Å². The Morgan fingerprint density at radius 1 is 1.12 bits per heavy atom. The van der Waals surface area contributed by atoms with E-state index in [0.717, 1.165) is 45.0 Å². The van der Waals surface area contributed by atoms with Crippen molar-refractivity contribution < 1.29 is 9.47 Å². The van der Waals surface area contributed by atoms with Crippen molar-refractivity contribution in [3.8, 4) is 0 Å². The average Bonchev–Trinajstić information content (AvgIpc) is 2.66. The van der Waals surface area contributed by atoms with E-state index in [9.17, 15) is 0 Å². The number of benzene rings is 1. The van der Waals surface area contributed by atoms with Crippen molar-refractivity contribution in [1.29, 1.82) is 0 Å². The Kier molecular flexibility index (Phi) is 12.5. The van der Waals surface area contributed by atoms with Crippen LogP contribution >= 0.6 is 0 Å². The number of nitrogens with one attached hydrogen (secondary N) is 2. The van der Waals surface area contributed by atoms with E-state index in [2.05, 4.69) is 64.8 Å². The first-order valence-corrected chi connectivity index (χ1v) is 9.42. The van der Waals surface area contributed by atoms with Crippen molar-refractivity contribution in [2.24, 2.45) is 4.99 Å². The lowest BCUT2D eigenvalue weighted by Gasteiger charge is -2.25. The highest BCUT2D eigenvalue weighted by molar-refractivity contribution is 5.79. The summed E-state index contributed by atoms with van der Waals surface area (Å²) in [6, 6.07) is 11.1. The number of methoxy groups -OCH3 is 1. The Labute approximate surface area is 159 Å². The molecule has 0 saturated carbocycles. The van der Waals surface area contributed by atoms with Crippen LogP contribution in [0, 0.1) is 0 Å². The molecule has 1 aromatic carbocycles. The first kappa shape index (κ1) is 22.4. The van der Waals surface area contributed by atoms with Crippen LogP contribution in [-0.2, 0) is 16.0 Å². The summed E-state index contributed by atoms with van der Waals surface area (Å²) in [7, 11) is 5.66. The summed E-state index contributed by atoms with van der Waals surface area (Å²) in [6.45, 7) is 7.00. The van der Waals surface area contributed by atoms with Gasteiger partial charge in [-0.1, -0.05) is 30.3 Å². The minimum absolute atomic E-state index is 0.495. The van der Waals surface area contributed by atoms with E-state index in [1.807, 2.05) is 0 Å². The third kappa shape index (κ3) is 10.4. The van der Waals surface area contributed by atoms with Crippen LogP contribution in [0.2, 0.25) is 0 Å². The van der Waals surface area contributed by atoms with Gasteiger partial charge in [-0.05, 0) is 32.4 Å². The van der Waals surface area contributed by atoms with Gasteiger partial charge in [0.05, 0.1) is 13.2 Å². The maximum absolute atomic E-state index is 5.45. The number of nitrogens with zero attached hydrogens (tertiary/aromatic N) is 2. The van der Waals surface area contributed by atoms with Gasteiger partial charge >= 0.3 is 0 Å². The number of ether oxygens (including phenoxy) is 2. The van der Waals surface area contributed by atoms with E-state index in [0.29, 0.717) is 19.3 Å². The highest BCUT2D eigenvalue weighted by Crippen LogP contribution is 2.07. The maximum Gasteiger partial charge on any atom is 0.190 e. The molecule has 0 spiro atoms. The van der Waals surface area contributed by atoms with Crippen LogP contribution in [0.5, 0.6) is 0 Å². The number of hydrogen-bond donors (Lipinski definition) is 2. The number of rotatable bonds is 13. The molecule has 6 heteroatoms. The zero-order valence-electron chi connectivity index (χ0n) is 16.8. The van der Waals surface area contributed by atoms with Gasteiger partial charge < -0.3 is 20.1 Å². The molecule has 0 aliphatic heterocycles. The SMILES string of the molecule is CN=C(NCCCOCCOC)NCCC(C)N(C)Cc1ccccc1. The molecule has 148 valence electrons. The molecule has 0 bridgehead atoms. The van der Waals surface area contributed by atoms with E-state index in [1.54, 1.807) is 14.2 Å². The van der Waals surface area contributed by atoms with Crippen LogP contribution in [0.1, 0.15) is 25.3 Å². The first-order valence-electron chi connectivity index (χ1n) is 9.42. The lowest BCUT2D eigenvalue weighted by Crippen LogP contribution is -2.40. The van der Waals surface area contributed by atoms with Crippen molar-refractivity contribution in [1.82, 2.24) is 15.5 Å². The molecule has 1 unspecified atom stereocenters. The van der Waals surface area contributed by atoms with Gasteiger partial charge in [0.25, 0.3) is 0 Å². The number of hydrogen-bond acceptors (Lipinski definition) is 4. The summed E-state index contributed by atoms with van der Waals surface area (Å²) in [5.41, 5.74) is 1.35. The monoisotopic (exact) mass is 364 g/mol. The fraction of sp³-hybridized carbons (Fsp3) is 0.650. The Balaban J connectivity index is 2.13. The van der Waals surface area contributed by atoms with Crippen LogP contribution in [0.25, 0.3) is 0 Å². The normalized spacial score (nSPS) is 13.0. The topological polar surface area (TPSA) is 58.1 Å². The third-order valence-corrected chi connectivity index (χ3v) is 4.30. The molecular weight excluding hydrogens is 328 g/mol. The largest absolute Gasteiger partial charge is 0.382 e. The zero-order chi connectivity index (χ0) is 19.0. The van der Waals surface area contributed by atoms with E-state index < -0.39 is 0 Å². The molecule has 0 aromatic heterocycles. The highest BCUT2D eigenvalue weighted by Gasteiger charge is 2.09. The quantitative estimate of drug-likeness (QED) is 0.319. The highest BCUT2D eigenvalue weighted by atomic mass is 16.5. The summed E-state index contributed by atoms with van der Waals surface area (Å²) in [6.07, 6.45) is 2.00. The molecule has 6 nitrogen and oxygen atoms in total. The van der Waals surface area contributed by atoms with E-state index in [4.69, 9.17) is 9.47 Å². The van der Waals surface area contributed by atoms with Gasteiger partial charge in [-0.3, -0.25) is 9.89 Å². The van der Waals surface area contributed by atoms with Crippen molar-refractivity contribution in [2.45, 2.75) is 32.4 Å². The van der Waals surface area contributed by atoms with Crippen LogP contribution < -0.4 is 10.6 Å². The number of guanidine groups is 1. The van der Waals surface area contributed by atoms with Gasteiger partial charge in [-0.25, -0.2) is 0 Å². The maximum atomic E-state index is 5.45. The molecule has 0 heterocycles. The molecule has 1 aromatic rings. The molecular formula is C20H36N4O2. The minimum Gasteiger partial charge on any atom is -0.382 e. The third-order valence-electron chi connectivity index (χ3n) is 4.30. The lowest BCUT2D eigenvalue weighted by molar-refractivity contribution is 0.0698. The summed E-state index contributed by atoms with van der Waals surface area (Å²) < 4.78 is 10.4. The van der Waals surface area contributed by atoms with Crippen LogP contribution in [0.4, 0.5) is 0 Å². The molecule has 0 saturated heterocycles. The van der Waals surface area contributed by atoms with Crippen LogP contribution in [0.15, 0.2) is 35.3 Å². The summed E-state index contributed by atoms with van der Waals surface area (Å²) >= 11 is 0. The predicted molar refractivity (Wildman–Crippen MR) is 109 cm³/mol. The second-order valence-electron chi connectivity index (χ2n) is 6.42. The lowest BCUT2D eigenvalue weighted by atomic mass is 10.1. The minimum atomic E-state index is 0.495. The van der Waals surface area contributed by atoms with Crippen molar-refractivity contribution in [3.05, 3.63) is 35.9 Å². The molecule has 0 amide bonds. The van der Waals surface area contributed by atoms with Gasteiger partial charge in [-0.15, -0.1) is 0 Å². The van der Waals surface area contributed by atoms with Gasteiger partial charge in [0.1, 0.15) is 0 Å². The van der Waals surface area contributed by atoms with E-state index in [-0.39, 0.29) is 0 Å². The van der Waals surface area contributed by atoms with E-state index >= 15 is 0 Å². The van der Waals surface area contributed by atoms with Gasteiger partial charge in [-0.2, -0.15) is 0 Å². The van der Waals surface area contributed by atoms with E-state index in [1.165, 1.54) is 5.56 Å². The second kappa shape index (κ2) is 14.5. The van der Waals surface area contributed by atoms with Crippen LogP contribution in [-0.4, -0.2) is 71.0 Å². The molecule has 2 N–H and O–H groups in total.